The summed E-state index contributed by atoms with van der Waals surface area (Å²) >= 11 is 1.28. The molecule has 1 N–H and O–H groups in total. The number of amides is 1. The quantitative estimate of drug-likeness (QED) is 0.582. The van der Waals surface area contributed by atoms with E-state index in [-0.39, 0.29) is 11.4 Å². The second-order valence-electron chi connectivity index (χ2n) is 4.39. The van der Waals surface area contributed by atoms with Crippen LogP contribution in [0.2, 0.25) is 0 Å². The van der Waals surface area contributed by atoms with E-state index in [9.17, 15) is 14.9 Å². The average molecular weight is 327 g/mol. The van der Waals surface area contributed by atoms with E-state index in [2.05, 4.69) is 20.3 Å². The molecule has 3 rings (SSSR count). The molecule has 1 aromatic carbocycles. The number of thiazole rings is 1. The summed E-state index contributed by atoms with van der Waals surface area (Å²) in [5.74, 6) is -0.398. The minimum atomic E-state index is -0.501. The third-order valence-corrected chi connectivity index (χ3v) is 3.72. The van der Waals surface area contributed by atoms with E-state index >= 15 is 0 Å². The van der Waals surface area contributed by atoms with Crippen LogP contribution in [0, 0.1) is 10.1 Å². The highest BCUT2D eigenvalue weighted by Crippen LogP contribution is 2.22. The lowest BCUT2D eigenvalue weighted by Crippen LogP contribution is -2.12. The SMILES string of the molecule is O=C(Nc1ccc([N+](=O)[O-])cc1)c1csc(-c2cnccn2)n1. The van der Waals surface area contributed by atoms with Crippen molar-refractivity contribution in [3.05, 3.63) is 64.0 Å². The zero-order valence-electron chi connectivity index (χ0n) is 11.5. The van der Waals surface area contributed by atoms with Crippen LogP contribution >= 0.6 is 11.3 Å². The van der Waals surface area contributed by atoms with Gasteiger partial charge in [0.1, 0.15) is 16.4 Å². The van der Waals surface area contributed by atoms with Crippen molar-refractivity contribution in [2.75, 3.05) is 5.32 Å². The summed E-state index contributed by atoms with van der Waals surface area (Å²) in [7, 11) is 0. The molecule has 0 aliphatic rings. The van der Waals surface area contributed by atoms with Gasteiger partial charge in [-0.15, -0.1) is 11.3 Å². The summed E-state index contributed by atoms with van der Waals surface area (Å²) in [6.45, 7) is 0. The summed E-state index contributed by atoms with van der Waals surface area (Å²) in [4.78, 5) is 34.5. The van der Waals surface area contributed by atoms with Crippen LogP contribution in [0.3, 0.4) is 0 Å². The van der Waals surface area contributed by atoms with Crippen molar-refractivity contribution in [1.29, 1.82) is 0 Å². The van der Waals surface area contributed by atoms with Crippen molar-refractivity contribution < 1.29 is 9.72 Å². The molecule has 0 unspecified atom stereocenters. The maximum atomic E-state index is 12.1. The second-order valence-corrected chi connectivity index (χ2v) is 5.24. The normalized spacial score (nSPS) is 10.3. The summed E-state index contributed by atoms with van der Waals surface area (Å²) in [6.07, 6.45) is 4.67. The molecule has 0 aliphatic carbocycles. The third kappa shape index (κ3) is 3.35. The van der Waals surface area contributed by atoms with Crippen LogP contribution in [-0.4, -0.2) is 25.8 Å². The summed E-state index contributed by atoms with van der Waals surface area (Å²) < 4.78 is 0. The number of non-ortho nitro benzene ring substituents is 1. The number of hydrogen-bond donors (Lipinski definition) is 1. The van der Waals surface area contributed by atoms with Crippen LogP contribution in [-0.2, 0) is 0 Å². The number of nitro groups is 1. The molecule has 3 aromatic rings. The van der Waals surface area contributed by atoms with Gasteiger partial charge in [0.25, 0.3) is 11.6 Å². The summed E-state index contributed by atoms with van der Waals surface area (Å²) in [6, 6.07) is 5.57. The number of anilines is 1. The lowest BCUT2D eigenvalue weighted by atomic mass is 10.3. The fraction of sp³-hybridized carbons (Fsp3) is 0. The van der Waals surface area contributed by atoms with Crippen molar-refractivity contribution in [3.63, 3.8) is 0 Å². The Hall–Kier alpha value is -3.20. The Bertz CT molecular complexity index is 848. The molecule has 2 aromatic heterocycles. The number of hydrogen-bond acceptors (Lipinski definition) is 7. The predicted octanol–water partition coefficient (Wildman–Crippen LogP) is 2.76. The Labute approximate surface area is 134 Å². The molecule has 2 heterocycles. The zero-order chi connectivity index (χ0) is 16.2. The number of nitrogens with one attached hydrogen (secondary N) is 1. The molecule has 1 amide bonds. The van der Waals surface area contributed by atoms with Crippen LogP contribution in [0.1, 0.15) is 10.5 Å². The highest BCUT2D eigenvalue weighted by Gasteiger charge is 2.13. The zero-order valence-corrected chi connectivity index (χ0v) is 12.4. The van der Waals surface area contributed by atoms with Gasteiger partial charge in [0.15, 0.2) is 0 Å². The Morgan fingerprint density at radius 1 is 1.22 bits per heavy atom. The van der Waals surface area contributed by atoms with E-state index in [0.29, 0.717) is 16.4 Å². The monoisotopic (exact) mass is 327 g/mol. The Kier molecular flexibility index (Phi) is 4.02. The van der Waals surface area contributed by atoms with E-state index in [1.165, 1.54) is 35.6 Å². The number of aromatic nitrogens is 3. The molecule has 0 spiro atoms. The average Bonchev–Trinajstić information content (AvgIpc) is 3.06. The Morgan fingerprint density at radius 2 is 2.00 bits per heavy atom. The highest BCUT2D eigenvalue weighted by molar-refractivity contribution is 7.13. The largest absolute Gasteiger partial charge is 0.321 e. The fourth-order valence-electron chi connectivity index (χ4n) is 1.77. The molecule has 0 fully saturated rings. The smallest absolute Gasteiger partial charge is 0.275 e. The van der Waals surface area contributed by atoms with Crippen LogP contribution < -0.4 is 5.32 Å². The number of nitro benzene ring substituents is 1. The van der Waals surface area contributed by atoms with E-state index in [1.54, 1.807) is 24.0 Å². The predicted molar refractivity (Wildman–Crippen MR) is 84.2 cm³/mol. The fourth-order valence-corrected chi connectivity index (χ4v) is 2.53. The van der Waals surface area contributed by atoms with Gasteiger partial charge in [-0.05, 0) is 12.1 Å². The van der Waals surface area contributed by atoms with Crippen LogP contribution in [0.4, 0.5) is 11.4 Å². The minimum absolute atomic E-state index is 0.0402. The third-order valence-electron chi connectivity index (χ3n) is 2.86. The highest BCUT2D eigenvalue weighted by atomic mass is 32.1. The lowest BCUT2D eigenvalue weighted by molar-refractivity contribution is -0.384. The Morgan fingerprint density at radius 3 is 2.65 bits per heavy atom. The van der Waals surface area contributed by atoms with E-state index in [1.807, 2.05) is 0 Å². The summed E-state index contributed by atoms with van der Waals surface area (Å²) in [5, 5.41) is 15.4. The molecule has 0 saturated carbocycles. The molecule has 0 radical (unpaired) electrons. The van der Waals surface area contributed by atoms with Gasteiger partial charge in [0.2, 0.25) is 0 Å². The van der Waals surface area contributed by atoms with Crippen molar-refractivity contribution in [1.82, 2.24) is 15.0 Å². The van der Waals surface area contributed by atoms with Crippen LogP contribution in [0.5, 0.6) is 0 Å². The van der Waals surface area contributed by atoms with Gasteiger partial charge in [-0.3, -0.25) is 24.9 Å². The van der Waals surface area contributed by atoms with E-state index in [4.69, 9.17) is 0 Å². The summed E-state index contributed by atoms with van der Waals surface area (Å²) in [5.41, 5.74) is 1.25. The number of nitrogens with zero attached hydrogens (tertiary/aromatic N) is 4. The van der Waals surface area contributed by atoms with E-state index in [0.717, 1.165) is 0 Å². The van der Waals surface area contributed by atoms with E-state index < -0.39 is 10.8 Å². The van der Waals surface area contributed by atoms with Gasteiger partial charge in [0.05, 0.1) is 11.1 Å². The first kappa shape index (κ1) is 14.7. The molecule has 8 nitrogen and oxygen atoms in total. The van der Waals surface area contributed by atoms with Gasteiger partial charge in [-0.1, -0.05) is 0 Å². The lowest BCUT2D eigenvalue weighted by Gasteiger charge is -2.02. The number of carbonyl (C=O) groups excluding carboxylic acids is 1. The maximum absolute atomic E-state index is 12.1. The molecular formula is C14H9N5O3S. The second kappa shape index (κ2) is 6.28. The van der Waals surface area contributed by atoms with Crippen LogP contribution in [0.15, 0.2) is 48.2 Å². The van der Waals surface area contributed by atoms with Gasteiger partial charge >= 0.3 is 0 Å². The minimum Gasteiger partial charge on any atom is -0.321 e. The first-order valence-electron chi connectivity index (χ1n) is 6.41. The molecule has 0 saturated heterocycles. The molecule has 23 heavy (non-hydrogen) atoms. The molecular weight excluding hydrogens is 318 g/mol. The standard InChI is InChI=1S/C14H9N5O3S/c20-13(17-9-1-3-10(4-2-9)19(21)22)12-8-23-14(18-12)11-7-15-5-6-16-11/h1-8H,(H,17,20). The van der Waals surface area contributed by atoms with Crippen molar-refractivity contribution >= 4 is 28.6 Å². The first-order valence-corrected chi connectivity index (χ1v) is 7.29. The van der Waals surface area contributed by atoms with Crippen molar-refractivity contribution in [2.45, 2.75) is 0 Å². The first-order chi connectivity index (χ1) is 11.1. The molecule has 114 valence electrons. The topological polar surface area (TPSA) is 111 Å². The molecule has 9 heteroatoms. The number of rotatable bonds is 4. The van der Waals surface area contributed by atoms with Crippen molar-refractivity contribution in [3.8, 4) is 10.7 Å². The maximum Gasteiger partial charge on any atom is 0.275 e. The Balaban J connectivity index is 1.74. The molecule has 0 bridgehead atoms. The molecule has 0 aliphatic heterocycles. The van der Waals surface area contributed by atoms with Gasteiger partial charge in [0, 0.05) is 35.6 Å². The number of carbonyl (C=O) groups is 1. The van der Waals surface area contributed by atoms with Gasteiger partial charge in [-0.2, -0.15) is 0 Å². The van der Waals surface area contributed by atoms with Gasteiger partial charge < -0.3 is 5.32 Å². The molecule has 0 atom stereocenters. The van der Waals surface area contributed by atoms with Crippen LogP contribution in [0.25, 0.3) is 10.7 Å². The van der Waals surface area contributed by atoms with Crippen molar-refractivity contribution in [2.24, 2.45) is 0 Å². The van der Waals surface area contributed by atoms with Gasteiger partial charge in [-0.25, -0.2) is 4.98 Å². The number of benzene rings is 1.